The Labute approximate surface area is 72.0 Å². The van der Waals surface area contributed by atoms with Crippen molar-refractivity contribution in [3.8, 4) is 0 Å². The second-order valence-electron chi connectivity index (χ2n) is 3.50. The summed E-state index contributed by atoms with van der Waals surface area (Å²) in [5.74, 6) is -0.162. The van der Waals surface area contributed by atoms with Gasteiger partial charge >= 0.3 is 5.97 Å². The summed E-state index contributed by atoms with van der Waals surface area (Å²) in [6.45, 7) is 4.24. The lowest BCUT2D eigenvalue weighted by atomic mass is 10.0. The first-order chi connectivity index (χ1) is 5.71. The summed E-state index contributed by atoms with van der Waals surface area (Å²) < 4.78 is 10.5. The highest BCUT2D eigenvalue weighted by Crippen LogP contribution is 2.66. The molecule has 1 spiro atoms. The zero-order valence-corrected chi connectivity index (χ0v) is 7.55. The van der Waals surface area contributed by atoms with Crippen LogP contribution in [-0.2, 0) is 14.3 Å². The van der Waals surface area contributed by atoms with Crippen LogP contribution in [0.4, 0.5) is 0 Å². The van der Waals surface area contributed by atoms with Crippen molar-refractivity contribution in [2.75, 3.05) is 6.61 Å². The van der Waals surface area contributed by atoms with Crippen LogP contribution in [0.25, 0.3) is 0 Å². The minimum Gasteiger partial charge on any atom is -0.464 e. The lowest BCUT2D eigenvalue weighted by molar-refractivity contribution is -0.149. The van der Waals surface area contributed by atoms with Crippen molar-refractivity contribution in [1.29, 1.82) is 0 Å². The SMILES string of the molecule is CCOC(=O)C1(CC)OC12CC2. The smallest absolute Gasteiger partial charge is 0.341 e. The Balaban J connectivity index is 2.05. The van der Waals surface area contributed by atoms with Gasteiger partial charge in [0.15, 0.2) is 5.60 Å². The van der Waals surface area contributed by atoms with Gasteiger partial charge in [0.2, 0.25) is 0 Å². The molecule has 3 nitrogen and oxygen atoms in total. The standard InChI is InChI=1S/C9H14O3/c1-3-9(7(10)11-4-2)8(12-9)5-6-8/h3-6H2,1-2H3. The number of ether oxygens (including phenoxy) is 2. The normalized spacial score (nSPS) is 34.8. The van der Waals surface area contributed by atoms with Gasteiger partial charge in [-0.15, -0.1) is 0 Å². The van der Waals surface area contributed by atoms with Gasteiger partial charge in [0, 0.05) is 0 Å². The van der Waals surface area contributed by atoms with Crippen molar-refractivity contribution >= 4 is 5.97 Å². The summed E-state index contributed by atoms with van der Waals surface area (Å²) >= 11 is 0. The van der Waals surface area contributed by atoms with Gasteiger partial charge in [-0.3, -0.25) is 0 Å². The van der Waals surface area contributed by atoms with Crippen LogP contribution >= 0.6 is 0 Å². The zero-order valence-electron chi connectivity index (χ0n) is 7.55. The maximum atomic E-state index is 11.5. The van der Waals surface area contributed by atoms with Crippen molar-refractivity contribution in [3.63, 3.8) is 0 Å². The van der Waals surface area contributed by atoms with Crippen molar-refractivity contribution in [3.05, 3.63) is 0 Å². The molecule has 0 N–H and O–H groups in total. The van der Waals surface area contributed by atoms with E-state index >= 15 is 0 Å². The topological polar surface area (TPSA) is 38.8 Å². The van der Waals surface area contributed by atoms with E-state index in [9.17, 15) is 4.79 Å². The predicted octanol–water partition coefficient (Wildman–Crippen LogP) is 1.26. The highest BCUT2D eigenvalue weighted by Gasteiger charge is 2.80. The molecular weight excluding hydrogens is 156 g/mol. The van der Waals surface area contributed by atoms with Gasteiger partial charge in [-0.05, 0) is 26.2 Å². The van der Waals surface area contributed by atoms with Gasteiger partial charge in [-0.2, -0.15) is 0 Å². The molecule has 12 heavy (non-hydrogen) atoms. The molecule has 0 aromatic carbocycles. The van der Waals surface area contributed by atoms with Crippen LogP contribution in [0.1, 0.15) is 33.1 Å². The van der Waals surface area contributed by atoms with Crippen LogP contribution in [0.15, 0.2) is 0 Å². The summed E-state index contributed by atoms with van der Waals surface area (Å²) in [6, 6.07) is 0. The molecule has 1 saturated carbocycles. The van der Waals surface area contributed by atoms with Crippen LogP contribution in [0.5, 0.6) is 0 Å². The van der Waals surface area contributed by atoms with E-state index in [-0.39, 0.29) is 11.6 Å². The van der Waals surface area contributed by atoms with Crippen LogP contribution in [0, 0.1) is 0 Å². The Morgan fingerprint density at radius 3 is 2.50 bits per heavy atom. The maximum absolute atomic E-state index is 11.5. The first-order valence-corrected chi connectivity index (χ1v) is 4.58. The van der Waals surface area contributed by atoms with Crippen molar-refractivity contribution in [2.24, 2.45) is 0 Å². The largest absolute Gasteiger partial charge is 0.464 e. The molecule has 0 radical (unpaired) electrons. The first kappa shape index (κ1) is 8.05. The van der Waals surface area contributed by atoms with Crippen LogP contribution < -0.4 is 0 Å². The Morgan fingerprint density at radius 1 is 1.50 bits per heavy atom. The van der Waals surface area contributed by atoms with Crippen molar-refractivity contribution < 1.29 is 14.3 Å². The van der Waals surface area contributed by atoms with E-state index in [0.717, 1.165) is 19.3 Å². The predicted molar refractivity (Wildman–Crippen MR) is 42.7 cm³/mol. The number of hydrogen-bond donors (Lipinski definition) is 0. The zero-order chi connectivity index (χ0) is 8.82. The molecule has 1 aliphatic carbocycles. The Bertz CT molecular complexity index is 220. The lowest BCUT2D eigenvalue weighted by Gasteiger charge is -2.07. The third kappa shape index (κ3) is 0.774. The number of carbonyl (C=O) groups is 1. The molecule has 1 aliphatic heterocycles. The van der Waals surface area contributed by atoms with E-state index < -0.39 is 5.60 Å². The average Bonchev–Trinajstić information content (AvgIpc) is 2.93. The summed E-state index contributed by atoms with van der Waals surface area (Å²) in [5, 5.41) is 0. The lowest BCUT2D eigenvalue weighted by Crippen LogP contribution is -2.29. The van der Waals surface area contributed by atoms with Gasteiger partial charge in [-0.1, -0.05) is 6.92 Å². The van der Waals surface area contributed by atoms with Gasteiger partial charge in [0.1, 0.15) is 5.60 Å². The molecule has 0 bridgehead atoms. The second kappa shape index (κ2) is 2.22. The number of rotatable bonds is 3. The average molecular weight is 170 g/mol. The Kier molecular flexibility index (Phi) is 1.49. The fourth-order valence-electron chi connectivity index (χ4n) is 1.94. The van der Waals surface area contributed by atoms with Crippen LogP contribution in [0.3, 0.4) is 0 Å². The number of esters is 1. The van der Waals surface area contributed by atoms with Crippen molar-refractivity contribution in [1.82, 2.24) is 0 Å². The molecule has 2 rings (SSSR count). The first-order valence-electron chi connectivity index (χ1n) is 4.58. The van der Waals surface area contributed by atoms with Gasteiger partial charge in [0.05, 0.1) is 6.61 Å². The van der Waals surface area contributed by atoms with E-state index in [4.69, 9.17) is 9.47 Å². The fraction of sp³-hybridized carbons (Fsp3) is 0.889. The molecule has 0 amide bonds. The van der Waals surface area contributed by atoms with Crippen LogP contribution in [-0.4, -0.2) is 23.8 Å². The molecule has 1 atom stereocenters. The van der Waals surface area contributed by atoms with Crippen molar-refractivity contribution in [2.45, 2.75) is 44.3 Å². The van der Waals surface area contributed by atoms with E-state index in [0.29, 0.717) is 6.61 Å². The molecule has 2 fully saturated rings. The molecule has 0 aromatic rings. The second-order valence-corrected chi connectivity index (χ2v) is 3.50. The van der Waals surface area contributed by atoms with Gasteiger partial charge < -0.3 is 9.47 Å². The van der Waals surface area contributed by atoms with E-state index in [1.165, 1.54) is 0 Å². The monoisotopic (exact) mass is 170 g/mol. The van der Waals surface area contributed by atoms with E-state index in [2.05, 4.69) is 0 Å². The highest BCUT2D eigenvalue weighted by molar-refractivity contribution is 5.86. The summed E-state index contributed by atoms with van der Waals surface area (Å²) in [7, 11) is 0. The molecule has 1 heterocycles. The van der Waals surface area contributed by atoms with Crippen LogP contribution in [0.2, 0.25) is 0 Å². The molecule has 1 saturated heterocycles. The molecule has 2 aliphatic rings. The van der Waals surface area contributed by atoms with E-state index in [1.54, 1.807) is 0 Å². The summed E-state index contributed by atoms with van der Waals surface area (Å²) in [4.78, 5) is 11.5. The van der Waals surface area contributed by atoms with E-state index in [1.807, 2.05) is 13.8 Å². The maximum Gasteiger partial charge on any atom is 0.341 e. The summed E-state index contributed by atoms with van der Waals surface area (Å²) in [5.41, 5.74) is -0.642. The fourth-order valence-corrected chi connectivity index (χ4v) is 1.94. The third-order valence-corrected chi connectivity index (χ3v) is 2.87. The molecule has 68 valence electrons. The Hall–Kier alpha value is -0.570. The molecule has 3 heteroatoms. The summed E-state index contributed by atoms with van der Waals surface area (Å²) in [6.07, 6.45) is 2.80. The number of carbonyl (C=O) groups excluding carboxylic acids is 1. The Morgan fingerprint density at radius 2 is 2.17 bits per heavy atom. The molecule has 0 aromatic heterocycles. The van der Waals surface area contributed by atoms with Gasteiger partial charge in [-0.25, -0.2) is 4.79 Å². The molecular formula is C9H14O3. The third-order valence-electron chi connectivity index (χ3n) is 2.87. The number of hydrogen-bond acceptors (Lipinski definition) is 3. The quantitative estimate of drug-likeness (QED) is 0.473. The molecule has 1 unspecified atom stereocenters. The number of epoxide rings is 1. The minimum absolute atomic E-state index is 0.0893. The minimum atomic E-state index is -0.553. The van der Waals surface area contributed by atoms with Gasteiger partial charge in [0.25, 0.3) is 0 Å². The highest BCUT2D eigenvalue weighted by atomic mass is 16.7.